The highest BCUT2D eigenvalue weighted by Gasteiger charge is 2.37. The van der Waals surface area contributed by atoms with E-state index in [9.17, 15) is 0 Å². The second-order valence-electron chi connectivity index (χ2n) is 22.6. The molecule has 440 valence electrons. The molecule has 0 saturated carbocycles. The molecule has 0 bridgehead atoms. The Morgan fingerprint density at radius 3 is 0.667 bits per heavy atom. The van der Waals surface area contributed by atoms with Crippen LogP contribution < -0.4 is 0 Å². The van der Waals surface area contributed by atoms with Crippen LogP contribution in [0.2, 0.25) is 0 Å². The van der Waals surface area contributed by atoms with E-state index in [0.717, 1.165) is 0 Å². The predicted octanol–water partition coefficient (Wildman–Crippen LogP) is 29.6. The summed E-state index contributed by atoms with van der Waals surface area (Å²) in [6, 6.07) is 29.5. The van der Waals surface area contributed by atoms with Crippen LogP contribution in [0.5, 0.6) is 0 Å². The molecule has 0 radical (unpaired) electrons. The van der Waals surface area contributed by atoms with Crippen molar-refractivity contribution in [2.45, 2.75) is 203 Å². The first-order valence-corrected chi connectivity index (χ1v) is 42.1. The van der Waals surface area contributed by atoms with E-state index in [4.69, 9.17) is 0 Å². The van der Waals surface area contributed by atoms with Gasteiger partial charge in [-0.2, -0.15) is 0 Å². The van der Waals surface area contributed by atoms with Gasteiger partial charge in [0.05, 0.1) is 28.0 Å². The Bertz CT molecular complexity index is 3390. The standard InChI is InChI=1S/C70H76S14/c1-9-13-17-21-25-45-37-41(5)71-57(45)49-29-33-53(75-49)61-65-66(62(79-61)54-34-30-50(76-54)58-46(38-42(6)72-58)26-22-18-14-10-2)82-69(81-65)70-83-67-63(55-35-31-51(77-55)59-47(39-43(7)73-59)27-23-19-15-11-3)80-64(68(67)84-70)56-36-32-52(78-56)60-48(40-44(8)74-60)28-24-20-16-12-4/h29-40H,9-28H2,1-8H3. The van der Waals surface area contributed by atoms with Gasteiger partial charge in [-0.3, -0.25) is 0 Å². The van der Waals surface area contributed by atoms with E-state index in [1.54, 1.807) is 22.3 Å². The monoisotopic (exact) mass is 1360 g/mol. The molecule has 2 aliphatic heterocycles. The van der Waals surface area contributed by atoms with Crippen LogP contribution in [0.15, 0.2) is 101 Å². The third-order valence-corrected chi connectivity index (χ3v) is 34.6. The van der Waals surface area contributed by atoms with Gasteiger partial charge >= 0.3 is 0 Å². The van der Waals surface area contributed by atoms with E-state index in [1.807, 2.05) is 113 Å². The molecule has 84 heavy (non-hydrogen) atoms. The lowest BCUT2D eigenvalue weighted by molar-refractivity contribution is 0.668. The molecule has 0 aromatic carbocycles. The Kier molecular flexibility index (Phi) is 21.5. The highest BCUT2D eigenvalue weighted by atomic mass is 32.2. The van der Waals surface area contributed by atoms with Crippen LogP contribution in [0.25, 0.3) is 78.0 Å². The van der Waals surface area contributed by atoms with Crippen molar-refractivity contribution in [2.24, 2.45) is 0 Å². The minimum atomic E-state index is 1.17. The van der Waals surface area contributed by atoms with Crippen LogP contribution >= 0.6 is 160 Å². The third kappa shape index (κ3) is 13.9. The second kappa shape index (κ2) is 29.0. The summed E-state index contributed by atoms with van der Waals surface area (Å²) in [5.41, 5.74) is 6.18. The Hall–Kier alpha value is -1.86. The quantitative estimate of drug-likeness (QED) is 0.0448. The first-order chi connectivity index (χ1) is 41.1. The number of hydrogen-bond donors (Lipinski definition) is 0. The Labute approximate surface area is 558 Å². The smallest absolute Gasteiger partial charge is 0.0707 e. The summed E-state index contributed by atoms with van der Waals surface area (Å²) in [5.74, 6) is 0. The van der Waals surface area contributed by atoms with Crippen LogP contribution in [0.1, 0.15) is 172 Å². The van der Waals surface area contributed by atoms with Gasteiger partial charge in [0.15, 0.2) is 0 Å². The first-order valence-electron chi connectivity index (χ1n) is 30.7. The summed E-state index contributed by atoms with van der Waals surface area (Å²) in [5, 5.41) is 0. The maximum atomic E-state index is 2.48. The minimum absolute atomic E-state index is 1.17. The molecule has 0 unspecified atom stereocenters. The molecule has 0 amide bonds. The number of hydrogen-bond acceptors (Lipinski definition) is 14. The molecule has 0 nitrogen and oxygen atoms in total. The summed E-state index contributed by atoms with van der Waals surface area (Å²) in [7, 11) is 0. The lowest BCUT2D eigenvalue weighted by atomic mass is 10.1. The Balaban J connectivity index is 0.917. The number of thioether (sulfide) groups is 4. The van der Waals surface area contributed by atoms with E-state index in [0.29, 0.717) is 0 Å². The lowest BCUT2D eigenvalue weighted by Gasteiger charge is -2.05. The topological polar surface area (TPSA) is 0 Å². The summed E-state index contributed by atoms with van der Waals surface area (Å²) < 4.78 is 2.90. The molecular formula is C70H76S14. The van der Waals surface area contributed by atoms with Crippen LogP contribution in [0, 0.1) is 27.7 Å². The number of rotatable bonds is 28. The number of unbranched alkanes of at least 4 members (excludes halogenated alkanes) is 12. The van der Waals surface area contributed by atoms with Crippen molar-refractivity contribution in [3.05, 3.63) is 123 Å². The molecule has 14 heteroatoms. The van der Waals surface area contributed by atoms with Crippen molar-refractivity contribution in [3.8, 4) is 78.0 Å². The molecule has 0 N–H and O–H groups in total. The highest BCUT2D eigenvalue weighted by Crippen LogP contribution is 2.70. The predicted molar refractivity (Wildman–Crippen MR) is 396 cm³/mol. The van der Waals surface area contributed by atoms with Crippen molar-refractivity contribution in [1.29, 1.82) is 0 Å². The molecule has 0 atom stereocenters. The average Bonchev–Trinajstić information content (AvgIpc) is 1.88. The largest absolute Gasteiger partial charge is 0.139 e. The fourth-order valence-corrected chi connectivity index (χ4v) is 30.1. The van der Waals surface area contributed by atoms with Gasteiger partial charge < -0.3 is 0 Å². The molecule has 12 rings (SSSR count). The molecule has 12 heterocycles. The molecular weight excluding hydrogens is 1290 g/mol. The van der Waals surface area contributed by atoms with Gasteiger partial charge in [-0.25, -0.2) is 0 Å². The van der Waals surface area contributed by atoms with Crippen molar-refractivity contribution >= 4 is 160 Å². The normalized spacial score (nSPS) is 13.2. The van der Waals surface area contributed by atoms with Crippen LogP contribution in [0.4, 0.5) is 0 Å². The van der Waals surface area contributed by atoms with E-state index in [1.165, 1.54) is 254 Å². The maximum absolute atomic E-state index is 2.48. The highest BCUT2D eigenvalue weighted by molar-refractivity contribution is 8.30. The summed E-state index contributed by atoms with van der Waals surface area (Å²) in [6.07, 6.45) is 25.4. The zero-order valence-electron chi connectivity index (χ0n) is 49.8. The van der Waals surface area contributed by atoms with Crippen molar-refractivity contribution in [1.82, 2.24) is 0 Å². The Morgan fingerprint density at radius 2 is 0.452 bits per heavy atom. The molecule has 0 aliphatic carbocycles. The fourth-order valence-electron chi connectivity index (χ4n) is 11.5. The van der Waals surface area contributed by atoms with Crippen LogP contribution in [-0.2, 0) is 25.7 Å². The zero-order chi connectivity index (χ0) is 57.8. The van der Waals surface area contributed by atoms with Gasteiger partial charge in [-0.15, -0.1) is 113 Å². The maximum Gasteiger partial charge on any atom is 0.0707 e. The molecule has 0 spiro atoms. The van der Waals surface area contributed by atoms with Gasteiger partial charge in [-0.1, -0.05) is 152 Å². The number of aryl methyl sites for hydroxylation is 8. The molecule has 2 aliphatic rings. The minimum Gasteiger partial charge on any atom is -0.139 e. The number of fused-ring (bicyclic) bond motifs is 2. The van der Waals surface area contributed by atoms with Gasteiger partial charge in [0, 0.05) is 97.6 Å². The van der Waals surface area contributed by atoms with E-state index < -0.39 is 0 Å². The average molecular weight is 1370 g/mol. The van der Waals surface area contributed by atoms with Crippen LogP contribution in [0.3, 0.4) is 0 Å². The summed E-state index contributed by atoms with van der Waals surface area (Å²) in [4.78, 5) is 34.7. The van der Waals surface area contributed by atoms with E-state index >= 15 is 0 Å². The van der Waals surface area contributed by atoms with Gasteiger partial charge in [0.25, 0.3) is 0 Å². The second-order valence-corrected chi connectivity index (χ2v) is 38.6. The van der Waals surface area contributed by atoms with Gasteiger partial charge in [0.1, 0.15) is 0 Å². The molecule has 0 fully saturated rings. The molecule has 10 aromatic heterocycles. The van der Waals surface area contributed by atoms with Gasteiger partial charge in [0.2, 0.25) is 0 Å². The lowest BCUT2D eigenvalue weighted by Crippen LogP contribution is -1.85. The fraction of sp³-hybridized carbons (Fsp3) is 0.400. The molecule has 0 saturated heterocycles. The zero-order valence-corrected chi connectivity index (χ0v) is 61.2. The summed E-state index contributed by atoms with van der Waals surface area (Å²) >= 11 is 28.4. The van der Waals surface area contributed by atoms with E-state index in [2.05, 4.69) is 175 Å². The third-order valence-electron chi connectivity index (χ3n) is 15.7. The van der Waals surface area contributed by atoms with Crippen molar-refractivity contribution < 1.29 is 0 Å². The van der Waals surface area contributed by atoms with E-state index in [-0.39, 0.29) is 0 Å². The Morgan fingerprint density at radius 1 is 0.238 bits per heavy atom. The summed E-state index contributed by atoms with van der Waals surface area (Å²) in [6.45, 7) is 18.5. The van der Waals surface area contributed by atoms with Crippen LogP contribution in [-0.4, -0.2) is 0 Å². The molecule has 10 aromatic rings. The SMILES string of the molecule is CCCCCCc1cc(C)sc1-c1ccc(-c2sc(-c3ccc(-c4sc(C)cc4CCCCCC)s3)c3c2SC(=C2Sc4c(-c5ccc(-c6sc(C)cc6CCCCCC)s5)sc(-c5ccc(-c6sc(C)cc6CCCCCC)s5)c4S2)S3)s1. The number of thiophene rings is 10. The first kappa shape index (κ1) is 62.3. The van der Waals surface area contributed by atoms with Crippen molar-refractivity contribution in [3.63, 3.8) is 0 Å². The van der Waals surface area contributed by atoms with Gasteiger partial charge in [-0.05, 0) is 174 Å². The van der Waals surface area contributed by atoms with Crippen molar-refractivity contribution in [2.75, 3.05) is 0 Å².